The van der Waals surface area contributed by atoms with Gasteiger partial charge in [0.2, 0.25) is 0 Å². The first-order valence-corrected chi connectivity index (χ1v) is 32.5. The number of rotatable bonds is 58. The van der Waals surface area contributed by atoms with E-state index in [1.165, 1.54) is 122 Å². The summed E-state index contributed by atoms with van der Waals surface area (Å²) in [4.78, 5) is 38.3. The van der Waals surface area contributed by atoms with Crippen molar-refractivity contribution in [2.75, 3.05) is 13.2 Å². The van der Waals surface area contributed by atoms with Gasteiger partial charge in [0.1, 0.15) is 13.2 Å². The summed E-state index contributed by atoms with van der Waals surface area (Å²) in [7, 11) is 0. The molecule has 0 aromatic carbocycles. The molecule has 0 N–H and O–H groups in total. The Hall–Kier alpha value is -4.19. The van der Waals surface area contributed by atoms with Crippen LogP contribution in [0.2, 0.25) is 0 Å². The van der Waals surface area contributed by atoms with E-state index < -0.39 is 6.10 Å². The second-order valence-electron chi connectivity index (χ2n) is 21.3. The monoisotopic (exact) mass is 1080 g/mol. The quantitative estimate of drug-likeness (QED) is 0.0261. The third kappa shape index (κ3) is 62.7. The van der Waals surface area contributed by atoms with Crippen molar-refractivity contribution in [3.63, 3.8) is 0 Å². The molecule has 0 aromatic heterocycles. The van der Waals surface area contributed by atoms with Gasteiger partial charge in [-0.15, -0.1) is 0 Å². The lowest BCUT2D eigenvalue weighted by atomic mass is 10.0. The van der Waals surface area contributed by atoms with Crippen LogP contribution < -0.4 is 0 Å². The molecule has 6 nitrogen and oxygen atoms in total. The van der Waals surface area contributed by atoms with Gasteiger partial charge in [0.15, 0.2) is 6.10 Å². The predicted molar refractivity (Wildman–Crippen MR) is 339 cm³/mol. The van der Waals surface area contributed by atoms with Crippen LogP contribution in [0.15, 0.2) is 122 Å². The predicted octanol–water partition coefficient (Wildman–Crippen LogP) is 22.4. The molecule has 0 saturated heterocycles. The molecule has 0 aliphatic heterocycles. The van der Waals surface area contributed by atoms with Crippen LogP contribution in [0.3, 0.4) is 0 Å². The van der Waals surface area contributed by atoms with E-state index in [4.69, 9.17) is 14.2 Å². The smallest absolute Gasteiger partial charge is 0.306 e. The molecule has 0 heterocycles. The summed E-state index contributed by atoms with van der Waals surface area (Å²) in [5.41, 5.74) is 0. The van der Waals surface area contributed by atoms with E-state index in [1.54, 1.807) is 0 Å². The largest absolute Gasteiger partial charge is 0.462 e. The maximum atomic E-state index is 12.9. The summed E-state index contributed by atoms with van der Waals surface area (Å²) >= 11 is 0. The molecule has 0 aliphatic carbocycles. The molecule has 78 heavy (non-hydrogen) atoms. The lowest BCUT2D eigenvalue weighted by Gasteiger charge is -2.18. The fourth-order valence-corrected chi connectivity index (χ4v) is 8.84. The molecule has 444 valence electrons. The number of esters is 3. The van der Waals surface area contributed by atoms with Gasteiger partial charge in [0, 0.05) is 19.3 Å². The van der Waals surface area contributed by atoms with Crippen molar-refractivity contribution in [1.82, 2.24) is 0 Å². The molecule has 0 aromatic rings. The fourth-order valence-electron chi connectivity index (χ4n) is 8.84. The standard InChI is InChI=1S/C72H120O6/c1-4-7-10-13-16-19-22-25-28-30-32-33-34-35-36-37-38-39-40-42-44-47-50-53-56-59-62-65-71(74)77-68-69(67-76-70(73)64-61-58-55-52-49-46-43-27-24-21-18-15-12-9-6-3)78-72(75)66-63-60-57-54-51-48-45-41-31-29-26-23-20-17-14-11-8-5-2/h7,10,16,18-19,21,25,27-28,32-33,35-36,38-39,42-44,50,53,69H,4-6,8-9,11-15,17,20,22-24,26,29-31,34,37,40-41,45-49,51-52,54-68H2,1-3H3/b10-7-,19-16-,21-18-,28-25-,33-32-,36-35-,39-38-,43-27-,44-42-,53-50-. The molecule has 0 aliphatic rings. The summed E-state index contributed by atoms with van der Waals surface area (Å²) in [6, 6.07) is 0. The molecular weight excluding hydrogens is 961 g/mol. The highest BCUT2D eigenvalue weighted by Crippen LogP contribution is 2.16. The Kier molecular flexibility index (Phi) is 61.8. The maximum Gasteiger partial charge on any atom is 0.306 e. The zero-order valence-corrected chi connectivity index (χ0v) is 50.9. The van der Waals surface area contributed by atoms with Gasteiger partial charge in [-0.05, 0) is 116 Å². The number of unbranched alkanes of at least 4 members (excludes halogenated alkanes) is 27. The molecule has 0 radical (unpaired) electrons. The molecule has 0 fully saturated rings. The van der Waals surface area contributed by atoms with Gasteiger partial charge in [-0.2, -0.15) is 0 Å². The van der Waals surface area contributed by atoms with Gasteiger partial charge in [-0.3, -0.25) is 14.4 Å². The first-order valence-electron chi connectivity index (χ1n) is 32.5. The normalized spacial score (nSPS) is 12.9. The highest BCUT2D eigenvalue weighted by molar-refractivity contribution is 5.71. The summed E-state index contributed by atoms with van der Waals surface area (Å²) in [6.45, 7) is 6.47. The average molecular weight is 1080 g/mol. The summed E-state index contributed by atoms with van der Waals surface area (Å²) < 4.78 is 16.9. The Morgan fingerprint density at radius 2 is 0.500 bits per heavy atom. The van der Waals surface area contributed by atoms with Gasteiger partial charge in [-0.25, -0.2) is 0 Å². The molecule has 1 atom stereocenters. The van der Waals surface area contributed by atoms with Gasteiger partial charge in [0.25, 0.3) is 0 Å². The Labute approximate surface area is 482 Å². The van der Waals surface area contributed by atoms with Gasteiger partial charge in [-0.1, -0.05) is 284 Å². The van der Waals surface area contributed by atoms with Crippen molar-refractivity contribution in [2.45, 2.75) is 303 Å². The molecule has 0 rings (SSSR count). The number of ether oxygens (including phenoxy) is 3. The Morgan fingerprint density at radius 1 is 0.269 bits per heavy atom. The van der Waals surface area contributed by atoms with Crippen LogP contribution in [0.4, 0.5) is 0 Å². The number of hydrogen-bond donors (Lipinski definition) is 0. The van der Waals surface area contributed by atoms with Crippen LogP contribution in [-0.2, 0) is 28.6 Å². The summed E-state index contributed by atoms with van der Waals surface area (Å²) in [5.74, 6) is -0.949. The Morgan fingerprint density at radius 3 is 0.833 bits per heavy atom. The molecule has 0 bridgehead atoms. The Balaban J connectivity index is 4.45. The lowest BCUT2D eigenvalue weighted by molar-refractivity contribution is -0.167. The van der Waals surface area contributed by atoms with Crippen LogP contribution in [0.1, 0.15) is 297 Å². The molecule has 6 heteroatoms. The number of hydrogen-bond acceptors (Lipinski definition) is 6. The topological polar surface area (TPSA) is 78.9 Å². The zero-order valence-electron chi connectivity index (χ0n) is 50.9. The SMILES string of the molecule is CC/C=C\C/C=C\C/C=C\C/C=C\C/C=C\C/C=C\C/C=C\C/C=C\CCCCC(=O)OCC(COC(=O)CCCCCCC/C=C\C/C=C\CCCCC)OC(=O)CCCCCCCCCCCCCCCCCCCC. The minimum Gasteiger partial charge on any atom is -0.462 e. The van der Waals surface area contributed by atoms with E-state index >= 15 is 0 Å². The average Bonchev–Trinajstić information content (AvgIpc) is 3.44. The molecule has 0 saturated carbocycles. The second-order valence-corrected chi connectivity index (χ2v) is 21.3. The van der Waals surface area contributed by atoms with Crippen LogP contribution >= 0.6 is 0 Å². The van der Waals surface area contributed by atoms with E-state index in [-0.39, 0.29) is 31.1 Å². The second kappa shape index (κ2) is 65.3. The van der Waals surface area contributed by atoms with Crippen molar-refractivity contribution >= 4 is 17.9 Å². The molecule has 0 spiro atoms. The number of carbonyl (C=O) groups is 3. The van der Waals surface area contributed by atoms with Crippen molar-refractivity contribution in [2.24, 2.45) is 0 Å². The highest BCUT2D eigenvalue weighted by Gasteiger charge is 2.19. The summed E-state index contributed by atoms with van der Waals surface area (Å²) in [5, 5.41) is 0. The minimum atomic E-state index is -0.805. The highest BCUT2D eigenvalue weighted by atomic mass is 16.6. The van der Waals surface area contributed by atoms with E-state index in [0.717, 1.165) is 128 Å². The minimum absolute atomic E-state index is 0.0993. The third-order valence-corrected chi connectivity index (χ3v) is 13.7. The van der Waals surface area contributed by atoms with Crippen LogP contribution in [0.25, 0.3) is 0 Å². The van der Waals surface area contributed by atoms with E-state index in [1.807, 2.05) is 0 Å². The fraction of sp³-hybridized carbons (Fsp3) is 0.681. The van der Waals surface area contributed by atoms with Gasteiger partial charge in [0.05, 0.1) is 0 Å². The first-order chi connectivity index (χ1) is 38.5. The van der Waals surface area contributed by atoms with Gasteiger partial charge >= 0.3 is 17.9 Å². The number of carbonyl (C=O) groups excluding carboxylic acids is 3. The molecular formula is C72H120O6. The van der Waals surface area contributed by atoms with E-state index in [9.17, 15) is 14.4 Å². The van der Waals surface area contributed by atoms with Crippen molar-refractivity contribution < 1.29 is 28.6 Å². The van der Waals surface area contributed by atoms with Crippen LogP contribution in [0, 0.1) is 0 Å². The Bertz CT molecular complexity index is 1620. The zero-order chi connectivity index (χ0) is 56.4. The van der Waals surface area contributed by atoms with Crippen molar-refractivity contribution in [3.8, 4) is 0 Å². The molecule has 0 amide bonds. The van der Waals surface area contributed by atoms with E-state index in [2.05, 4.69) is 142 Å². The van der Waals surface area contributed by atoms with E-state index in [0.29, 0.717) is 25.7 Å². The molecule has 1 unspecified atom stereocenters. The number of allylic oxidation sites excluding steroid dienone is 20. The van der Waals surface area contributed by atoms with Crippen LogP contribution in [0.5, 0.6) is 0 Å². The third-order valence-electron chi connectivity index (χ3n) is 13.7. The van der Waals surface area contributed by atoms with Crippen molar-refractivity contribution in [3.05, 3.63) is 122 Å². The summed E-state index contributed by atoms with van der Waals surface area (Å²) in [6.07, 6.45) is 90.6. The van der Waals surface area contributed by atoms with Crippen molar-refractivity contribution in [1.29, 1.82) is 0 Å². The van der Waals surface area contributed by atoms with Gasteiger partial charge < -0.3 is 14.2 Å². The van der Waals surface area contributed by atoms with Crippen LogP contribution in [-0.4, -0.2) is 37.2 Å². The maximum absolute atomic E-state index is 12.9. The first kappa shape index (κ1) is 73.8. The lowest BCUT2D eigenvalue weighted by Crippen LogP contribution is -2.30.